The van der Waals surface area contributed by atoms with E-state index < -0.39 is 18.5 Å². The van der Waals surface area contributed by atoms with E-state index in [1.165, 1.54) is 14.2 Å². The summed E-state index contributed by atoms with van der Waals surface area (Å²) in [5.41, 5.74) is 1.27. The van der Waals surface area contributed by atoms with E-state index in [-0.39, 0.29) is 12.0 Å². The molecule has 0 aromatic heterocycles. The third kappa shape index (κ3) is 6.41. The summed E-state index contributed by atoms with van der Waals surface area (Å²) >= 11 is 0. The molecule has 2 rings (SSSR count). The molecule has 1 amide bonds. The lowest BCUT2D eigenvalue weighted by atomic mass is 9.86. The van der Waals surface area contributed by atoms with Gasteiger partial charge in [0.2, 0.25) is 0 Å². The zero-order valence-electron chi connectivity index (χ0n) is 17.4. The second-order valence-electron chi connectivity index (χ2n) is 7.31. The molecule has 2 aromatic rings. The van der Waals surface area contributed by atoms with Gasteiger partial charge >= 0.3 is 5.97 Å². The minimum absolute atomic E-state index is 0.129. The van der Waals surface area contributed by atoms with Crippen LogP contribution in [0.1, 0.15) is 26.3 Å². The van der Waals surface area contributed by atoms with E-state index in [0.29, 0.717) is 22.9 Å². The van der Waals surface area contributed by atoms with Crippen LogP contribution >= 0.6 is 0 Å². The average molecular weight is 401 g/mol. The average Bonchev–Trinajstić information content (AvgIpc) is 2.70. The summed E-state index contributed by atoms with van der Waals surface area (Å²) in [4.78, 5) is 24.1. The predicted octanol–water partition coefficient (Wildman–Crippen LogP) is 3.56. The van der Waals surface area contributed by atoms with Crippen molar-refractivity contribution in [1.82, 2.24) is 0 Å². The first-order valence-corrected chi connectivity index (χ1v) is 9.14. The monoisotopic (exact) mass is 401 g/mol. The SMILES string of the molecule is COc1ccc(OC)c(NC(=O)COC(=O)COc2ccccc2C(C)(C)C)c1. The number of hydrogen-bond acceptors (Lipinski definition) is 6. The Balaban J connectivity index is 1.88. The van der Waals surface area contributed by atoms with Crippen LogP contribution in [0.3, 0.4) is 0 Å². The Morgan fingerprint density at radius 2 is 1.66 bits per heavy atom. The normalized spacial score (nSPS) is 10.8. The fraction of sp³-hybridized carbons (Fsp3) is 0.364. The van der Waals surface area contributed by atoms with Crippen LogP contribution in [0, 0.1) is 0 Å². The molecule has 0 radical (unpaired) electrons. The number of carbonyl (C=O) groups excluding carboxylic acids is 2. The largest absolute Gasteiger partial charge is 0.497 e. The number of esters is 1. The third-order valence-electron chi connectivity index (χ3n) is 4.09. The molecule has 1 N–H and O–H groups in total. The van der Waals surface area contributed by atoms with Crippen LogP contribution in [0.25, 0.3) is 0 Å². The second-order valence-corrected chi connectivity index (χ2v) is 7.31. The van der Waals surface area contributed by atoms with Crippen molar-refractivity contribution in [2.75, 3.05) is 32.8 Å². The lowest BCUT2D eigenvalue weighted by Crippen LogP contribution is -2.24. The maximum atomic E-state index is 12.1. The van der Waals surface area contributed by atoms with E-state index in [1.54, 1.807) is 24.3 Å². The quantitative estimate of drug-likeness (QED) is 0.681. The number of rotatable bonds is 8. The molecule has 0 heterocycles. The van der Waals surface area contributed by atoms with Crippen molar-refractivity contribution in [3.05, 3.63) is 48.0 Å². The van der Waals surface area contributed by atoms with Crippen LogP contribution in [-0.2, 0) is 19.7 Å². The van der Waals surface area contributed by atoms with Crippen molar-refractivity contribution in [1.29, 1.82) is 0 Å². The summed E-state index contributed by atoms with van der Waals surface area (Å²) in [5.74, 6) is 0.501. The van der Waals surface area contributed by atoms with Gasteiger partial charge in [-0.3, -0.25) is 4.79 Å². The maximum absolute atomic E-state index is 12.1. The Hall–Kier alpha value is -3.22. The molecule has 0 atom stereocenters. The molecule has 0 saturated heterocycles. The summed E-state index contributed by atoms with van der Waals surface area (Å²) < 4.78 is 20.9. The molecule has 0 aliphatic carbocycles. The minimum Gasteiger partial charge on any atom is -0.497 e. The van der Waals surface area contributed by atoms with Crippen molar-refractivity contribution >= 4 is 17.6 Å². The highest BCUT2D eigenvalue weighted by atomic mass is 16.6. The number of carbonyl (C=O) groups is 2. The van der Waals surface area contributed by atoms with Crippen LogP contribution in [-0.4, -0.2) is 39.3 Å². The van der Waals surface area contributed by atoms with E-state index in [1.807, 2.05) is 18.2 Å². The number of ether oxygens (including phenoxy) is 4. The number of hydrogen-bond donors (Lipinski definition) is 1. The van der Waals surface area contributed by atoms with Crippen molar-refractivity contribution in [2.45, 2.75) is 26.2 Å². The first kappa shape index (κ1) is 22.1. The first-order chi connectivity index (χ1) is 13.7. The third-order valence-corrected chi connectivity index (χ3v) is 4.09. The number of anilines is 1. The smallest absolute Gasteiger partial charge is 0.344 e. The van der Waals surface area contributed by atoms with Crippen molar-refractivity contribution < 1.29 is 28.5 Å². The van der Waals surface area contributed by atoms with E-state index in [9.17, 15) is 9.59 Å². The van der Waals surface area contributed by atoms with Crippen molar-refractivity contribution in [2.24, 2.45) is 0 Å². The molecule has 0 saturated carbocycles. The summed E-state index contributed by atoms with van der Waals surface area (Å²) in [6.45, 7) is 5.45. The van der Waals surface area contributed by atoms with Gasteiger partial charge in [-0.25, -0.2) is 4.79 Å². The van der Waals surface area contributed by atoms with Gasteiger partial charge in [0.25, 0.3) is 5.91 Å². The summed E-state index contributed by atoms with van der Waals surface area (Å²) in [7, 11) is 3.01. The minimum atomic E-state index is -0.638. The molecule has 7 heteroatoms. The van der Waals surface area contributed by atoms with E-state index in [4.69, 9.17) is 18.9 Å². The van der Waals surface area contributed by atoms with Gasteiger partial charge in [-0.15, -0.1) is 0 Å². The highest BCUT2D eigenvalue weighted by Crippen LogP contribution is 2.31. The van der Waals surface area contributed by atoms with Gasteiger partial charge in [-0.1, -0.05) is 39.0 Å². The lowest BCUT2D eigenvalue weighted by Gasteiger charge is -2.22. The van der Waals surface area contributed by atoms with Gasteiger partial charge in [0.1, 0.15) is 17.2 Å². The molecule has 7 nitrogen and oxygen atoms in total. The standard InChI is InChI=1S/C22H27NO6/c1-22(2,3)16-8-6-7-9-18(16)28-14-21(25)29-13-20(24)23-17-12-15(26-4)10-11-19(17)27-5/h6-12H,13-14H2,1-5H3,(H,23,24). The fourth-order valence-corrected chi connectivity index (χ4v) is 2.63. The van der Waals surface area contributed by atoms with Crippen LogP contribution in [0.15, 0.2) is 42.5 Å². The molecule has 0 spiro atoms. The molecule has 0 fully saturated rings. The summed E-state index contributed by atoms with van der Waals surface area (Å²) in [6, 6.07) is 12.5. The molecule has 29 heavy (non-hydrogen) atoms. The van der Waals surface area contributed by atoms with Crippen molar-refractivity contribution in [3.8, 4) is 17.2 Å². The molecule has 0 aliphatic heterocycles. The molecule has 0 unspecified atom stereocenters. The molecule has 2 aromatic carbocycles. The van der Waals surface area contributed by atoms with Gasteiger partial charge in [0, 0.05) is 6.07 Å². The summed E-state index contributed by atoms with van der Waals surface area (Å²) in [5, 5.41) is 2.63. The number of amides is 1. The Morgan fingerprint density at radius 1 is 0.931 bits per heavy atom. The van der Waals surface area contributed by atoms with E-state index in [2.05, 4.69) is 26.1 Å². The number of para-hydroxylation sites is 1. The van der Waals surface area contributed by atoms with Crippen LogP contribution in [0.2, 0.25) is 0 Å². The zero-order chi connectivity index (χ0) is 21.4. The van der Waals surface area contributed by atoms with Crippen LogP contribution < -0.4 is 19.5 Å². The van der Waals surface area contributed by atoms with Gasteiger partial charge < -0.3 is 24.3 Å². The van der Waals surface area contributed by atoms with Crippen LogP contribution in [0.5, 0.6) is 17.2 Å². The second kappa shape index (κ2) is 9.82. The van der Waals surface area contributed by atoms with Gasteiger partial charge in [0.15, 0.2) is 13.2 Å². The highest BCUT2D eigenvalue weighted by Gasteiger charge is 2.19. The topological polar surface area (TPSA) is 83.1 Å². The zero-order valence-corrected chi connectivity index (χ0v) is 17.4. The van der Waals surface area contributed by atoms with Crippen LogP contribution in [0.4, 0.5) is 5.69 Å². The first-order valence-electron chi connectivity index (χ1n) is 9.14. The lowest BCUT2D eigenvalue weighted by molar-refractivity contribution is -0.149. The molecule has 156 valence electrons. The predicted molar refractivity (Wildman–Crippen MR) is 110 cm³/mol. The van der Waals surface area contributed by atoms with Gasteiger partial charge in [-0.2, -0.15) is 0 Å². The molecule has 0 bridgehead atoms. The molecular weight excluding hydrogens is 374 g/mol. The fourth-order valence-electron chi connectivity index (χ4n) is 2.63. The molecule has 0 aliphatic rings. The number of methoxy groups -OCH3 is 2. The Bertz CT molecular complexity index is 857. The number of benzene rings is 2. The van der Waals surface area contributed by atoms with E-state index >= 15 is 0 Å². The summed E-state index contributed by atoms with van der Waals surface area (Å²) in [6.07, 6.45) is 0. The Labute approximate surface area is 170 Å². The Morgan fingerprint density at radius 3 is 2.31 bits per heavy atom. The van der Waals surface area contributed by atoms with Gasteiger partial charge in [0.05, 0.1) is 19.9 Å². The Kier molecular flexibility index (Phi) is 7.47. The number of nitrogens with one attached hydrogen (secondary N) is 1. The highest BCUT2D eigenvalue weighted by molar-refractivity contribution is 5.94. The molecular formula is C22H27NO6. The van der Waals surface area contributed by atoms with E-state index in [0.717, 1.165) is 5.56 Å². The van der Waals surface area contributed by atoms with Gasteiger partial charge in [-0.05, 0) is 29.2 Å². The van der Waals surface area contributed by atoms with Crippen molar-refractivity contribution in [3.63, 3.8) is 0 Å². The maximum Gasteiger partial charge on any atom is 0.344 e.